The summed E-state index contributed by atoms with van der Waals surface area (Å²) >= 11 is 0. The second kappa shape index (κ2) is 5.79. The van der Waals surface area contributed by atoms with Gasteiger partial charge in [0, 0.05) is 0 Å². The van der Waals surface area contributed by atoms with Gasteiger partial charge >= 0.3 is 31.0 Å². The Balaban J connectivity index is 4.59. The molecule has 0 aliphatic rings. The van der Waals surface area contributed by atoms with Crippen molar-refractivity contribution in [2.24, 2.45) is 0 Å². The van der Waals surface area contributed by atoms with Crippen LogP contribution in [-0.2, 0) is 19.2 Å². The standard InChI is InChI=1S/C5F10O4/c6-1(7)2(8)16-4(12,13)17-5(14,15)19-18-3(9,10)11. The van der Waals surface area contributed by atoms with Crippen LogP contribution in [0.5, 0.6) is 0 Å². The van der Waals surface area contributed by atoms with Crippen LogP contribution in [0.3, 0.4) is 0 Å². The fraction of sp³-hybridized carbons (Fsp3) is 0.600. The average Bonchev–Trinajstić information content (AvgIpc) is 2.11. The van der Waals surface area contributed by atoms with E-state index in [4.69, 9.17) is 0 Å². The summed E-state index contributed by atoms with van der Waals surface area (Å²) in [6, 6.07) is -3.29. The Morgan fingerprint density at radius 2 is 1.16 bits per heavy atom. The summed E-state index contributed by atoms with van der Waals surface area (Å²) in [4.78, 5) is 4.08. The van der Waals surface area contributed by atoms with E-state index < -0.39 is 31.0 Å². The Morgan fingerprint density at radius 3 is 1.53 bits per heavy atom. The van der Waals surface area contributed by atoms with Gasteiger partial charge in [-0.2, -0.15) is 17.9 Å². The zero-order valence-corrected chi connectivity index (χ0v) is 7.91. The highest BCUT2D eigenvalue weighted by molar-refractivity contribution is 4.80. The van der Waals surface area contributed by atoms with Crippen LogP contribution in [0, 0.1) is 0 Å². The van der Waals surface area contributed by atoms with E-state index in [9.17, 15) is 43.9 Å². The maximum atomic E-state index is 12.2. The normalized spacial score (nSPS) is 13.4. The summed E-state index contributed by atoms with van der Waals surface area (Å²) in [5, 5.41) is 0. The first-order valence-corrected chi connectivity index (χ1v) is 3.53. The number of hydrogen-bond acceptors (Lipinski definition) is 4. The molecular weight excluding hydrogens is 314 g/mol. The summed E-state index contributed by atoms with van der Waals surface area (Å²) in [6.45, 7) is 0. The van der Waals surface area contributed by atoms with Crippen molar-refractivity contribution in [1.29, 1.82) is 0 Å². The van der Waals surface area contributed by atoms with Crippen molar-refractivity contribution in [1.82, 2.24) is 0 Å². The minimum atomic E-state index is -5.81. The molecule has 14 heteroatoms. The van der Waals surface area contributed by atoms with E-state index in [1.807, 2.05) is 4.89 Å². The summed E-state index contributed by atoms with van der Waals surface area (Å²) in [6.07, 6.45) is -20.8. The molecule has 19 heavy (non-hydrogen) atoms. The van der Waals surface area contributed by atoms with E-state index in [1.54, 1.807) is 0 Å². The maximum absolute atomic E-state index is 12.2. The molecule has 0 heterocycles. The largest absolute Gasteiger partial charge is 0.549 e. The first-order chi connectivity index (χ1) is 8.24. The van der Waals surface area contributed by atoms with Crippen LogP contribution < -0.4 is 0 Å². The highest BCUT2D eigenvalue weighted by Gasteiger charge is 2.52. The SMILES string of the molecule is FC(F)=C(F)OC(F)(F)OC(F)(F)OOC(F)(F)F. The predicted octanol–water partition coefficient (Wildman–Crippen LogP) is 3.62. The molecule has 0 aliphatic heterocycles. The molecule has 0 amide bonds. The molecule has 0 bridgehead atoms. The Bertz CT molecular complexity index is 331. The number of hydrogen-bond donors (Lipinski definition) is 0. The molecule has 0 fully saturated rings. The summed E-state index contributed by atoms with van der Waals surface area (Å²) < 4.78 is 121. The lowest BCUT2D eigenvalue weighted by Crippen LogP contribution is -2.38. The molecule has 0 saturated heterocycles. The Kier molecular flexibility index (Phi) is 5.40. The van der Waals surface area contributed by atoms with E-state index in [2.05, 4.69) is 14.4 Å². The number of ether oxygens (including phenoxy) is 2. The predicted molar refractivity (Wildman–Crippen MR) is 30.6 cm³/mol. The molecule has 0 spiro atoms. The van der Waals surface area contributed by atoms with Gasteiger partial charge in [0.25, 0.3) is 0 Å². The van der Waals surface area contributed by atoms with Crippen LogP contribution >= 0.6 is 0 Å². The zero-order chi connectivity index (χ0) is 15.5. The van der Waals surface area contributed by atoms with Crippen molar-refractivity contribution in [3.05, 3.63) is 12.1 Å². The molecule has 114 valence electrons. The first-order valence-electron chi connectivity index (χ1n) is 3.53. The second-order valence-electron chi connectivity index (χ2n) is 2.28. The minimum Gasteiger partial charge on any atom is -0.378 e. The van der Waals surface area contributed by atoms with Crippen LogP contribution in [-0.4, -0.2) is 19.0 Å². The van der Waals surface area contributed by atoms with Crippen molar-refractivity contribution in [2.45, 2.75) is 19.0 Å². The van der Waals surface area contributed by atoms with Crippen molar-refractivity contribution in [3.8, 4) is 0 Å². The van der Waals surface area contributed by atoms with Gasteiger partial charge in [-0.1, -0.05) is 0 Å². The van der Waals surface area contributed by atoms with Gasteiger partial charge in [-0.15, -0.1) is 40.5 Å². The molecule has 0 rings (SSSR count). The number of halogens is 10. The molecule has 0 aromatic rings. The fourth-order valence-corrected chi connectivity index (χ4v) is 0.415. The third-order valence-electron chi connectivity index (χ3n) is 0.828. The molecule has 0 atom stereocenters. The van der Waals surface area contributed by atoms with Gasteiger partial charge < -0.3 is 4.74 Å². The van der Waals surface area contributed by atoms with Gasteiger partial charge in [-0.3, -0.25) is 0 Å². The van der Waals surface area contributed by atoms with E-state index >= 15 is 0 Å². The summed E-state index contributed by atoms with van der Waals surface area (Å²) in [7, 11) is 0. The van der Waals surface area contributed by atoms with Crippen LogP contribution in [0.15, 0.2) is 12.1 Å². The Labute approximate surface area is 95.5 Å². The van der Waals surface area contributed by atoms with Crippen molar-refractivity contribution < 1.29 is 63.2 Å². The van der Waals surface area contributed by atoms with Crippen molar-refractivity contribution in [2.75, 3.05) is 0 Å². The molecule has 0 N–H and O–H groups in total. The van der Waals surface area contributed by atoms with Gasteiger partial charge in [-0.25, -0.2) is 0 Å². The molecule has 0 aromatic heterocycles. The average molecular weight is 314 g/mol. The van der Waals surface area contributed by atoms with Crippen molar-refractivity contribution in [3.63, 3.8) is 0 Å². The molecule has 4 nitrogen and oxygen atoms in total. The Hall–Kier alpha value is -1.28. The highest BCUT2D eigenvalue weighted by atomic mass is 19.4. The van der Waals surface area contributed by atoms with Crippen LogP contribution in [0.2, 0.25) is 0 Å². The summed E-state index contributed by atoms with van der Waals surface area (Å²) in [5.41, 5.74) is 0. The van der Waals surface area contributed by atoms with Crippen LogP contribution in [0.4, 0.5) is 43.9 Å². The lowest BCUT2D eigenvalue weighted by molar-refractivity contribution is -0.626. The van der Waals surface area contributed by atoms with Gasteiger partial charge in [0.2, 0.25) is 0 Å². The van der Waals surface area contributed by atoms with Crippen LogP contribution in [0.25, 0.3) is 0 Å². The lowest BCUT2D eigenvalue weighted by atomic mass is 11.0. The topological polar surface area (TPSA) is 36.9 Å². The minimum absolute atomic E-state index is 1.97. The van der Waals surface area contributed by atoms with Crippen molar-refractivity contribution >= 4 is 0 Å². The molecule has 0 unspecified atom stereocenters. The van der Waals surface area contributed by atoms with E-state index in [-0.39, 0.29) is 0 Å². The third kappa shape index (κ3) is 8.44. The molecular formula is C5F10O4. The molecule has 0 aliphatic carbocycles. The third-order valence-corrected chi connectivity index (χ3v) is 0.828. The maximum Gasteiger partial charge on any atom is 0.549 e. The number of alkyl halides is 7. The first kappa shape index (κ1) is 17.7. The molecule has 0 aromatic carbocycles. The van der Waals surface area contributed by atoms with Gasteiger partial charge in [-0.05, 0) is 0 Å². The van der Waals surface area contributed by atoms with Gasteiger partial charge in [0.15, 0.2) is 0 Å². The zero-order valence-electron chi connectivity index (χ0n) is 7.91. The smallest absolute Gasteiger partial charge is 0.378 e. The Morgan fingerprint density at radius 1 is 0.684 bits per heavy atom. The fourth-order valence-electron chi connectivity index (χ4n) is 0.415. The van der Waals surface area contributed by atoms with E-state index in [0.717, 1.165) is 0 Å². The van der Waals surface area contributed by atoms with E-state index in [0.29, 0.717) is 0 Å². The van der Waals surface area contributed by atoms with Gasteiger partial charge in [0.1, 0.15) is 0 Å². The second-order valence-corrected chi connectivity index (χ2v) is 2.28. The molecule has 0 saturated carbocycles. The lowest BCUT2D eigenvalue weighted by Gasteiger charge is -2.20. The quantitative estimate of drug-likeness (QED) is 0.247. The van der Waals surface area contributed by atoms with Gasteiger partial charge in [0.05, 0.1) is 0 Å². The molecule has 0 radical (unpaired) electrons. The monoisotopic (exact) mass is 314 g/mol. The summed E-state index contributed by atoms with van der Waals surface area (Å²) in [5.74, 6) is 0. The number of rotatable bonds is 6. The highest BCUT2D eigenvalue weighted by Crippen LogP contribution is 2.33. The van der Waals surface area contributed by atoms with Crippen LogP contribution in [0.1, 0.15) is 0 Å². The van der Waals surface area contributed by atoms with E-state index in [1.165, 1.54) is 0 Å².